The molecule has 0 saturated heterocycles. The number of para-hydroxylation sites is 1. The lowest BCUT2D eigenvalue weighted by Crippen LogP contribution is -2.15. The number of ether oxygens (including phenoxy) is 1. The van der Waals surface area contributed by atoms with Gasteiger partial charge in [0, 0.05) is 29.1 Å². The number of hydrogen-bond donors (Lipinski definition) is 0. The molecular weight excluding hydrogens is 611 g/mol. The van der Waals surface area contributed by atoms with E-state index in [0.717, 1.165) is 17.5 Å². The van der Waals surface area contributed by atoms with E-state index >= 15 is 0 Å². The molecule has 0 saturated carbocycles. The van der Waals surface area contributed by atoms with Crippen molar-refractivity contribution < 1.29 is 35.9 Å². The molecule has 12 heteroatoms. The van der Waals surface area contributed by atoms with Crippen LogP contribution in [0, 0.1) is 0 Å². The van der Waals surface area contributed by atoms with Crippen molar-refractivity contribution in [2.45, 2.75) is 18.8 Å². The standard InChI is InChI=1S/C12H9ClF3NO.C11H7F3O.C2H4BrCl/c13-6-7-18-10-5-4-8-2-1-3-9(11(8)17-10)12(14,15)16;12-11(13,14)10-3-1-2-7-4-5-8(15)6-9(7)10;3-1-2-4/h1-5H,6-7H2;1-5H,6H2;1-2H2. The van der Waals surface area contributed by atoms with Crippen LogP contribution in [-0.2, 0) is 23.6 Å². The monoisotopic (exact) mass is 629 g/mol. The van der Waals surface area contributed by atoms with E-state index in [1.165, 1.54) is 30.4 Å². The Kier molecular flexibility index (Phi) is 11.7. The molecule has 0 atom stereocenters. The molecule has 1 aliphatic rings. The number of halogens is 9. The molecule has 1 heterocycles. The Labute approximate surface area is 227 Å². The van der Waals surface area contributed by atoms with Gasteiger partial charge in [-0.25, -0.2) is 4.98 Å². The van der Waals surface area contributed by atoms with E-state index < -0.39 is 23.5 Å². The van der Waals surface area contributed by atoms with Gasteiger partial charge < -0.3 is 4.74 Å². The Morgan fingerprint density at radius 1 is 0.865 bits per heavy atom. The minimum atomic E-state index is -4.43. The fraction of sp³-hybridized carbons (Fsp3) is 0.280. The minimum absolute atomic E-state index is 0.0810. The first-order valence-electron chi connectivity index (χ1n) is 10.6. The van der Waals surface area contributed by atoms with E-state index in [-0.39, 0.29) is 41.7 Å². The highest BCUT2D eigenvalue weighted by Gasteiger charge is 2.35. The van der Waals surface area contributed by atoms with Gasteiger partial charge in [0.1, 0.15) is 6.61 Å². The number of hydrogen-bond acceptors (Lipinski definition) is 3. The first-order chi connectivity index (χ1) is 17.4. The number of alkyl halides is 9. The van der Waals surface area contributed by atoms with E-state index in [2.05, 4.69) is 20.9 Å². The first kappa shape index (κ1) is 30.9. The van der Waals surface area contributed by atoms with Crippen molar-refractivity contribution in [1.82, 2.24) is 4.98 Å². The third kappa shape index (κ3) is 9.19. The first-order valence-corrected chi connectivity index (χ1v) is 12.8. The maximum Gasteiger partial charge on any atom is 0.418 e. The van der Waals surface area contributed by atoms with Gasteiger partial charge in [-0.2, -0.15) is 26.3 Å². The molecule has 0 bridgehead atoms. The Morgan fingerprint density at radius 3 is 2.08 bits per heavy atom. The Hall–Kier alpha value is -2.30. The predicted octanol–water partition coefficient (Wildman–Crippen LogP) is 8.34. The van der Waals surface area contributed by atoms with Crippen LogP contribution in [0.3, 0.4) is 0 Å². The molecule has 4 rings (SSSR count). The summed E-state index contributed by atoms with van der Waals surface area (Å²) in [6.45, 7) is 0.203. The number of ketones is 1. The van der Waals surface area contributed by atoms with Crippen LogP contribution < -0.4 is 4.74 Å². The molecule has 0 N–H and O–H groups in total. The van der Waals surface area contributed by atoms with E-state index in [1.807, 2.05) is 0 Å². The highest BCUT2D eigenvalue weighted by atomic mass is 79.9. The zero-order valence-corrected chi connectivity index (χ0v) is 22.1. The topological polar surface area (TPSA) is 39.2 Å². The van der Waals surface area contributed by atoms with Crippen molar-refractivity contribution >= 4 is 61.9 Å². The number of allylic oxidation sites excluding steroid dienone is 1. The van der Waals surface area contributed by atoms with Gasteiger partial charge >= 0.3 is 12.4 Å². The highest BCUT2D eigenvalue weighted by molar-refractivity contribution is 9.09. The molecule has 1 aromatic heterocycles. The number of carbonyl (C=O) groups is 1. The normalized spacial score (nSPS) is 12.7. The number of rotatable bonds is 4. The zero-order chi connectivity index (χ0) is 27.6. The average molecular weight is 631 g/mol. The highest BCUT2D eigenvalue weighted by Crippen LogP contribution is 2.36. The quantitative estimate of drug-likeness (QED) is 0.215. The second-order valence-corrected chi connectivity index (χ2v) is 8.84. The van der Waals surface area contributed by atoms with Gasteiger partial charge in [0.15, 0.2) is 5.78 Å². The van der Waals surface area contributed by atoms with Crippen molar-refractivity contribution in [3.8, 4) is 5.88 Å². The summed E-state index contributed by atoms with van der Waals surface area (Å²) in [5.41, 5.74) is -1.03. The van der Waals surface area contributed by atoms with E-state index in [9.17, 15) is 31.1 Å². The van der Waals surface area contributed by atoms with Gasteiger partial charge in [-0.15, -0.1) is 23.2 Å². The summed E-state index contributed by atoms with van der Waals surface area (Å²) in [6.07, 6.45) is -6.26. The minimum Gasteiger partial charge on any atom is -0.476 e. The predicted molar refractivity (Wildman–Crippen MR) is 137 cm³/mol. The number of nitrogens with zero attached hydrogens (tertiary/aromatic N) is 1. The molecule has 0 amide bonds. The summed E-state index contributed by atoms with van der Waals surface area (Å²) in [5, 5.41) is 1.32. The Morgan fingerprint density at radius 2 is 1.49 bits per heavy atom. The maximum atomic E-state index is 12.8. The largest absolute Gasteiger partial charge is 0.476 e. The fourth-order valence-corrected chi connectivity index (χ4v) is 3.30. The van der Waals surface area contributed by atoms with Crippen LogP contribution >= 0.6 is 39.1 Å². The van der Waals surface area contributed by atoms with Crippen molar-refractivity contribution in [3.05, 3.63) is 76.9 Å². The zero-order valence-electron chi connectivity index (χ0n) is 19.0. The molecule has 2 aromatic carbocycles. The summed E-state index contributed by atoms with van der Waals surface area (Å²) in [7, 11) is 0. The smallest absolute Gasteiger partial charge is 0.418 e. The van der Waals surface area contributed by atoms with E-state index in [0.29, 0.717) is 16.8 Å². The summed E-state index contributed by atoms with van der Waals surface area (Å²) in [5.74, 6) is 0.805. The second-order valence-electron chi connectivity index (χ2n) is 7.29. The lowest BCUT2D eigenvalue weighted by atomic mass is 9.92. The van der Waals surface area contributed by atoms with Gasteiger partial charge in [0.25, 0.3) is 0 Å². The van der Waals surface area contributed by atoms with Crippen molar-refractivity contribution in [2.75, 3.05) is 23.7 Å². The summed E-state index contributed by atoms with van der Waals surface area (Å²) in [6, 6.07) is 10.9. The SMILES string of the molecule is ClCCBr.FC(F)(F)c1cccc2ccc(OCCCl)nc12.O=C1C=Cc2cccc(C(F)(F)F)c2C1. The van der Waals surface area contributed by atoms with Gasteiger partial charge in [-0.1, -0.05) is 46.3 Å². The van der Waals surface area contributed by atoms with E-state index in [4.69, 9.17) is 27.9 Å². The van der Waals surface area contributed by atoms with Crippen LogP contribution in [0.2, 0.25) is 0 Å². The third-order valence-corrected chi connectivity index (χ3v) is 5.91. The summed E-state index contributed by atoms with van der Waals surface area (Å²) >= 11 is 13.7. The molecule has 0 radical (unpaired) electrons. The fourth-order valence-electron chi connectivity index (χ4n) is 3.22. The van der Waals surface area contributed by atoms with Gasteiger partial charge in [-0.3, -0.25) is 4.79 Å². The maximum absolute atomic E-state index is 12.8. The number of carbonyl (C=O) groups excluding carboxylic acids is 1. The van der Waals surface area contributed by atoms with Crippen LogP contribution in [0.1, 0.15) is 22.3 Å². The lowest BCUT2D eigenvalue weighted by molar-refractivity contribution is -0.138. The second kappa shape index (κ2) is 14.0. The van der Waals surface area contributed by atoms with Crippen LogP contribution in [0.25, 0.3) is 17.0 Å². The third-order valence-electron chi connectivity index (χ3n) is 4.72. The average Bonchev–Trinajstić information content (AvgIpc) is 2.86. The molecule has 0 fully saturated rings. The molecule has 37 heavy (non-hydrogen) atoms. The number of aromatic nitrogens is 1. The van der Waals surface area contributed by atoms with E-state index in [1.54, 1.807) is 18.2 Å². The molecule has 0 aliphatic heterocycles. The lowest BCUT2D eigenvalue weighted by Gasteiger charge is -2.16. The molecule has 3 aromatic rings. The Balaban J connectivity index is 0.000000230. The number of pyridine rings is 1. The van der Waals surface area contributed by atoms with Crippen molar-refractivity contribution in [1.29, 1.82) is 0 Å². The van der Waals surface area contributed by atoms with Crippen molar-refractivity contribution in [2.24, 2.45) is 0 Å². The van der Waals surface area contributed by atoms with Gasteiger partial charge in [0.2, 0.25) is 5.88 Å². The van der Waals surface area contributed by atoms with Gasteiger partial charge in [0.05, 0.1) is 22.5 Å². The van der Waals surface area contributed by atoms with Crippen LogP contribution in [-0.4, -0.2) is 34.5 Å². The van der Waals surface area contributed by atoms with Crippen LogP contribution in [0.15, 0.2) is 54.6 Å². The molecule has 1 aliphatic carbocycles. The molecule has 0 spiro atoms. The molecule has 0 unspecified atom stereocenters. The van der Waals surface area contributed by atoms with Crippen LogP contribution in [0.4, 0.5) is 26.3 Å². The molecule has 3 nitrogen and oxygen atoms in total. The number of benzene rings is 2. The summed E-state index contributed by atoms with van der Waals surface area (Å²) < 4.78 is 81.2. The van der Waals surface area contributed by atoms with Crippen LogP contribution in [0.5, 0.6) is 5.88 Å². The molecule has 200 valence electrons. The Bertz CT molecular complexity index is 1230. The number of fused-ring (bicyclic) bond motifs is 2. The van der Waals surface area contributed by atoms with Crippen molar-refractivity contribution in [3.63, 3.8) is 0 Å². The van der Waals surface area contributed by atoms with Gasteiger partial charge in [-0.05, 0) is 35.4 Å². The molecular formula is C25H20BrCl2F6NO2. The summed E-state index contributed by atoms with van der Waals surface area (Å²) in [4.78, 5) is 14.9.